The Morgan fingerprint density at radius 2 is 1.94 bits per heavy atom. The van der Waals surface area contributed by atoms with Crippen molar-refractivity contribution in [2.75, 3.05) is 36.9 Å². The first-order valence-corrected chi connectivity index (χ1v) is 5.99. The van der Waals surface area contributed by atoms with Crippen LogP contribution in [-0.2, 0) is 4.74 Å². The number of anilines is 2. The first kappa shape index (κ1) is 11.1. The van der Waals surface area contributed by atoms with Gasteiger partial charge in [-0.15, -0.1) is 0 Å². The second-order valence-corrected chi connectivity index (χ2v) is 4.23. The molecule has 0 radical (unpaired) electrons. The molecule has 0 aliphatic carbocycles. The summed E-state index contributed by atoms with van der Waals surface area (Å²) in [7, 11) is 0. The van der Waals surface area contributed by atoms with Crippen molar-refractivity contribution in [3.63, 3.8) is 0 Å². The smallest absolute Gasteiger partial charge is 0.171 e. The Balaban J connectivity index is 1.99. The van der Waals surface area contributed by atoms with E-state index in [1.807, 2.05) is 18.2 Å². The Morgan fingerprint density at radius 1 is 1.17 bits per heavy atom. The maximum absolute atomic E-state index is 5.61. The van der Waals surface area contributed by atoms with Crippen LogP contribution in [-0.4, -0.2) is 31.5 Å². The van der Waals surface area contributed by atoms with Gasteiger partial charge in [-0.05, 0) is 12.1 Å². The minimum absolute atomic E-state index is 0.404. The first-order valence-electron chi connectivity index (χ1n) is 5.99. The van der Waals surface area contributed by atoms with Crippen LogP contribution in [0, 0.1) is 0 Å². The molecule has 94 valence electrons. The van der Waals surface area contributed by atoms with Crippen LogP contribution in [0.3, 0.4) is 0 Å². The Kier molecular flexibility index (Phi) is 2.90. The van der Waals surface area contributed by atoms with Gasteiger partial charge in [0.05, 0.1) is 13.2 Å². The van der Waals surface area contributed by atoms with Gasteiger partial charge < -0.3 is 19.9 Å². The minimum Gasteiger partial charge on any atom is -0.381 e. The van der Waals surface area contributed by atoms with E-state index in [2.05, 4.69) is 16.1 Å². The predicted octanol–water partition coefficient (Wildman–Crippen LogP) is 1.76. The van der Waals surface area contributed by atoms with Gasteiger partial charge in [0.1, 0.15) is 0 Å². The largest absolute Gasteiger partial charge is 0.381 e. The van der Waals surface area contributed by atoms with Crippen molar-refractivity contribution < 1.29 is 9.26 Å². The highest BCUT2D eigenvalue weighted by molar-refractivity contribution is 5.76. The van der Waals surface area contributed by atoms with E-state index >= 15 is 0 Å². The van der Waals surface area contributed by atoms with E-state index in [-0.39, 0.29) is 0 Å². The third-order valence-electron chi connectivity index (χ3n) is 3.05. The molecule has 0 amide bonds. The molecular weight excluding hydrogens is 230 g/mol. The highest BCUT2D eigenvalue weighted by Crippen LogP contribution is 2.31. The predicted molar refractivity (Wildman–Crippen MR) is 69.4 cm³/mol. The fourth-order valence-electron chi connectivity index (χ4n) is 2.18. The van der Waals surface area contributed by atoms with Crippen LogP contribution < -0.4 is 10.6 Å². The van der Waals surface area contributed by atoms with Crippen molar-refractivity contribution in [2.24, 2.45) is 0 Å². The molecule has 1 saturated heterocycles. The number of rotatable bonds is 2. The molecular formula is C13H15N3O2. The van der Waals surface area contributed by atoms with Gasteiger partial charge in [0.15, 0.2) is 11.6 Å². The van der Waals surface area contributed by atoms with Crippen molar-refractivity contribution in [3.8, 4) is 11.3 Å². The molecule has 0 spiro atoms. The summed E-state index contributed by atoms with van der Waals surface area (Å²) in [6, 6.07) is 9.86. The maximum atomic E-state index is 5.61. The van der Waals surface area contributed by atoms with Crippen molar-refractivity contribution in [2.45, 2.75) is 0 Å². The fraction of sp³-hybridized carbons (Fsp3) is 0.308. The van der Waals surface area contributed by atoms with Crippen molar-refractivity contribution in [3.05, 3.63) is 30.3 Å². The summed E-state index contributed by atoms with van der Waals surface area (Å²) >= 11 is 0. The summed E-state index contributed by atoms with van der Waals surface area (Å²) in [5.74, 6) is 1.11. The van der Waals surface area contributed by atoms with Gasteiger partial charge in [-0.25, -0.2) is 0 Å². The number of aromatic nitrogens is 1. The zero-order chi connectivity index (χ0) is 12.4. The quantitative estimate of drug-likeness (QED) is 0.873. The molecule has 2 N–H and O–H groups in total. The summed E-state index contributed by atoms with van der Waals surface area (Å²) in [5.41, 5.74) is 7.76. The lowest BCUT2D eigenvalue weighted by Crippen LogP contribution is -2.36. The van der Waals surface area contributed by atoms with Gasteiger partial charge >= 0.3 is 0 Å². The zero-order valence-corrected chi connectivity index (χ0v) is 10.0. The molecule has 0 atom stereocenters. The van der Waals surface area contributed by atoms with E-state index in [1.165, 1.54) is 0 Å². The number of hydrogen-bond acceptors (Lipinski definition) is 5. The molecule has 1 aliphatic rings. The van der Waals surface area contributed by atoms with Crippen LogP contribution in [0.2, 0.25) is 0 Å². The molecule has 2 aromatic rings. The molecule has 3 rings (SSSR count). The van der Waals surface area contributed by atoms with Crippen molar-refractivity contribution in [1.82, 2.24) is 5.16 Å². The lowest BCUT2D eigenvalue weighted by Gasteiger charge is -2.30. The summed E-state index contributed by atoms with van der Waals surface area (Å²) < 4.78 is 10.6. The van der Waals surface area contributed by atoms with Crippen LogP contribution in [0.4, 0.5) is 11.5 Å². The zero-order valence-electron chi connectivity index (χ0n) is 10.0. The molecule has 5 nitrogen and oxygen atoms in total. The number of ether oxygens (including phenoxy) is 1. The van der Waals surface area contributed by atoms with Gasteiger partial charge in [-0.3, -0.25) is 0 Å². The molecule has 0 unspecified atom stereocenters. The van der Waals surface area contributed by atoms with E-state index in [9.17, 15) is 0 Å². The number of nitrogens with zero attached hydrogens (tertiary/aromatic N) is 2. The second-order valence-electron chi connectivity index (χ2n) is 4.23. The summed E-state index contributed by atoms with van der Waals surface area (Å²) in [6.07, 6.45) is 0. The number of morpholine rings is 1. The average molecular weight is 245 g/mol. The molecule has 0 saturated carbocycles. The fourth-order valence-corrected chi connectivity index (χ4v) is 2.18. The third-order valence-corrected chi connectivity index (χ3v) is 3.05. The van der Waals surface area contributed by atoms with E-state index in [0.717, 1.165) is 37.6 Å². The normalized spacial score (nSPS) is 15.9. The van der Waals surface area contributed by atoms with Gasteiger partial charge in [0, 0.05) is 30.4 Å². The van der Waals surface area contributed by atoms with Gasteiger partial charge in [-0.1, -0.05) is 17.3 Å². The summed E-state index contributed by atoms with van der Waals surface area (Å²) in [6.45, 7) is 3.29. The Labute approximate surface area is 105 Å². The second kappa shape index (κ2) is 4.70. The van der Waals surface area contributed by atoms with E-state index in [1.54, 1.807) is 6.07 Å². The van der Waals surface area contributed by atoms with Gasteiger partial charge in [0.2, 0.25) is 0 Å². The monoisotopic (exact) mass is 245 g/mol. The van der Waals surface area contributed by atoms with E-state index < -0.39 is 0 Å². The first-order chi connectivity index (χ1) is 8.84. The molecule has 1 aromatic heterocycles. The number of nitrogen functional groups attached to an aromatic ring is 1. The molecule has 5 heteroatoms. The maximum Gasteiger partial charge on any atom is 0.171 e. The SMILES string of the molecule is Nc1cc(-c2ccccc2N2CCOCC2)on1. The van der Waals surface area contributed by atoms with Crippen molar-refractivity contribution >= 4 is 11.5 Å². The number of para-hydroxylation sites is 1. The Bertz CT molecular complexity index is 533. The highest BCUT2D eigenvalue weighted by atomic mass is 16.5. The number of benzene rings is 1. The number of nitrogens with two attached hydrogens (primary N) is 1. The number of hydrogen-bond donors (Lipinski definition) is 1. The van der Waals surface area contributed by atoms with Gasteiger partial charge in [-0.2, -0.15) is 0 Å². The lowest BCUT2D eigenvalue weighted by molar-refractivity contribution is 0.122. The molecule has 1 fully saturated rings. The molecule has 1 aliphatic heterocycles. The lowest BCUT2D eigenvalue weighted by atomic mass is 10.1. The van der Waals surface area contributed by atoms with Crippen LogP contribution in [0.25, 0.3) is 11.3 Å². The molecule has 18 heavy (non-hydrogen) atoms. The molecule has 2 heterocycles. The summed E-state index contributed by atoms with van der Waals surface area (Å²) in [4.78, 5) is 2.29. The molecule has 0 bridgehead atoms. The van der Waals surface area contributed by atoms with E-state index in [4.69, 9.17) is 15.0 Å². The Hall–Kier alpha value is -2.01. The molecule has 1 aromatic carbocycles. The minimum atomic E-state index is 0.404. The van der Waals surface area contributed by atoms with Crippen LogP contribution in [0.15, 0.2) is 34.9 Å². The third kappa shape index (κ3) is 2.04. The van der Waals surface area contributed by atoms with Gasteiger partial charge in [0.25, 0.3) is 0 Å². The highest BCUT2D eigenvalue weighted by Gasteiger charge is 2.17. The topological polar surface area (TPSA) is 64.5 Å². The van der Waals surface area contributed by atoms with E-state index in [0.29, 0.717) is 11.6 Å². The van der Waals surface area contributed by atoms with Crippen molar-refractivity contribution in [1.29, 1.82) is 0 Å². The standard InChI is InChI=1S/C13H15N3O2/c14-13-9-12(18-15-13)10-3-1-2-4-11(10)16-5-7-17-8-6-16/h1-4,9H,5-8H2,(H2,14,15). The Morgan fingerprint density at radius 3 is 2.67 bits per heavy atom. The van der Waals surface area contributed by atoms with Crippen LogP contribution >= 0.6 is 0 Å². The van der Waals surface area contributed by atoms with Crippen LogP contribution in [0.1, 0.15) is 0 Å². The summed E-state index contributed by atoms with van der Waals surface area (Å²) in [5, 5.41) is 3.74. The average Bonchev–Trinajstić information content (AvgIpc) is 2.86. The van der Waals surface area contributed by atoms with Crippen LogP contribution in [0.5, 0.6) is 0 Å².